The molecule has 0 aliphatic rings. The number of phenols is 1. The Morgan fingerprint density at radius 2 is 1.39 bits per heavy atom. The average Bonchev–Trinajstić information content (AvgIpc) is 2.36. The maximum absolute atomic E-state index is 10.8. The van der Waals surface area contributed by atoms with Crippen molar-refractivity contribution in [1.29, 1.82) is 0 Å². The molecule has 23 heavy (non-hydrogen) atoms. The number of hydrogen-bond donors (Lipinski definition) is 1. The van der Waals surface area contributed by atoms with E-state index in [1.54, 1.807) is 0 Å². The molecule has 0 aliphatic carbocycles. The van der Waals surface area contributed by atoms with Crippen LogP contribution < -0.4 is 0 Å². The second kappa shape index (κ2) is 5.70. The molecule has 0 bridgehead atoms. The van der Waals surface area contributed by atoms with Crippen LogP contribution in [0.3, 0.4) is 0 Å². The summed E-state index contributed by atoms with van der Waals surface area (Å²) in [6.45, 7) is 17.4. The van der Waals surface area contributed by atoms with Gasteiger partial charge in [0.05, 0.1) is 0 Å². The summed E-state index contributed by atoms with van der Waals surface area (Å²) in [5.74, 6) is 0.384. The van der Waals surface area contributed by atoms with Gasteiger partial charge in [0.25, 0.3) is 0 Å². The van der Waals surface area contributed by atoms with E-state index in [0.717, 1.165) is 11.1 Å². The Bertz CT molecular complexity index is 725. The maximum Gasteiger partial charge on any atom is 0.124 e. The largest absolute Gasteiger partial charge is 0.507 e. The fourth-order valence-electron chi connectivity index (χ4n) is 3.03. The van der Waals surface area contributed by atoms with Crippen molar-refractivity contribution in [3.63, 3.8) is 0 Å². The quantitative estimate of drug-likeness (QED) is 0.658. The fraction of sp³-hybridized carbons (Fsp3) is 0.455. The van der Waals surface area contributed by atoms with E-state index >= 15 is 0 Å². The second-order valence-electron chi connectivity index (χ2n) is 8.74. The van der Waals surface area contributed by atoms with Gasteiger partial charge in [0, 0.05) is 5.56 Å². The van der Waals surface area contributed by atoms with Crippen LogP contribution in [0, 0.1) is 13.8 Å². The molecule has 0 radical (unpaired) electrons. The van der Waals surface area contributed by atoms with Crippen LogP contribution in [0.25, 0.3) is 11.1 Å². The molecule has 2 aromatic carbocycles. The van der Waals surface area contributed by atoms with Crippen LogP contribution in [0.15, 0.2) is 30.3 Å². The number of aromatic hydroxyl groups is 1. The summed E-state index contributed by atoms with van der Waals surface area (Å²) in [4.78, 5) is 0. The Labute approximate surface area is 141 Å². The Hall–Kier alpha value is -1.76. The van der Waals surface area contributed by atoms with Crippen molar-refractivity contribution < 1.29 is 5.11 Å². The van der Waals surface area contributed by atoms with E-state index in [9.17, 15) is 5.11 Å². The van der Waals surface area contributed by atoms with Gasteiger partial charge >= 0.3 is 0 Å². The Balaban J connectivity index is 2.82. The van der Waals surface area contributed by atoms with Crippen molar-refractivity contribution in [3.05, 3.63) is 52.6 Å². The molecule has 0 spiro atoms. The third kappa shape index (κ3) is 3.60. The third-order valence-electron chi connectivity index (χ3n) is 4.44. The first-order valence-electron chi connectivity index (χ1n) is 8.37. The highest BCUT2D eigenvalue weighted by Gasteiger charge is 2.26. The molecule has 124 valence electrons. The highest BCUT2D eigenvalue weighted by Crippen LogP contribution is 2.43. The molecule has 0 atom stereocenters. The third-order valence-corrected chi connectivity index (χ3v) is 4.44. The number of benzene rings is 2. The van der Waals surface area contributed by atoms with Gasteiger partial charge in [-0.2, -0.15) is 0 Å². The predicted molar refractivity (Wildman–Crippen MR) is 100 cm³/mol. The highest BCUT2D eigenvalue weighted by atomic mass is 16.3. The first-order chi connectivity index (χ1) is 10.4. The lowest BCUT2D eigenvalue weighted by atomic mass is 9.76. The molecule has 0 saturated carbocycles. The van der Waals surface area contributed by atoms with E-state index in [0.29, 0.717) is 5.75 Å². The summed E-state index contributed by atoms with van der Waals surface area (Å²) < 4.78 is 0. The Kier molecular flexibility index (Phi) is 4.36. The summed E-state index contributed by atoms with van der Waals surface area (Å²) in [6.07, 6.45) is 0. The predicted octanol–water partition coefficient (Wildman–Crippen LogP) is 6.27. The Morgan fingerprint density at radius 3 is 1.87 bits per heavy atom. The van der Waals surface area contributed by atoms with Gasteiger partial charge in [-0.25, -0.2) is 0 Å². The van der Waals surface area contributed by atoms with Crippen molar-refractivity contribution in [2.24, 2.45) is 0 Å². The SMILES string of the molecule is Cc1ccc(-c2c(O)cc(C(C)(C)C)cc2C(C)(C)C)c(C)c1. The van der Waals surface area contributed by atoms with Crippen molar-refractivity contribution in [3.8, 4) is 16.9 Å². The molecular formula is C22H30O. The maximum atomic E-state index is 10.8. The molecule has 2 aromatic rings. The highest BCUT2D eigenvalue weighted by molar-refractivity contribution is 5.78. The van der Waals surface area contributed by atoms with Gasteiger partial charge in [-0.15, -0.1) is 0 Å². The summed E-state index contributed by atoms with van der Waals surface area (Å²) in [5, 5.41) is 10.8. The van der Waals surface area contributed by atoms with E-state index in [4.69, 9.17) is 0 Å². The fourth-order valence-corrected chi connectivity index (χ4v) is 3.03. The van der Waals surface area contributed by atoms with E-state index in [-0.39, 0.29) is 10.8 Å². The number of rotatable bonds is 1. The molecule has 2 rings (SSSR count). The van der Waals surface area contributed by atoms with Gasteiger partial charge in [0.1, 0.15) is 5.75 Å². The van der Waals surface area contributed by atoms with E-state index in [2.05, 4.69) is 79.7 Å². The lowest BCUT2D eigenvalue weighted by molar-refractivity contribution is 0.468. The van der Waals surface area contributed by atoms with Gasteiger partial charge in [0.15, 0.2) is 0 Å². The van der Waals surface area contributed by atoms with Crippen LogP contribution in [0.1, 0.15) is 63.8 Å². The molecule has 1 heteroatoms. The standard InChI is InChI=1S/C22H30O/c1-14-9-10-17(15(2)11-14)20-18(22(6,7)8)12-16(13-19(20)23)21(3,4)5/h9-13,23H,1-8H3. The molecular weight excluding hydrogens is 280 g/mol. The number of hydrogen-bond acceptors (Lipinski definition) is 1. The zero-order valence-corrected chi connectivity index (χ0v) is 15.8. The molecule has 0 aromatic heterocycles. The molecule has 1 N–H and O–H groups in total. The zero-order valence-electron chi connectivity index (χ0n) is 15.8. The van der Waals surface area contributed by atoms with Gasteiger partial charge < -0.3 is 5.11 Å². The smallest absolute Gasteiger partial charge is 0.124 e. The summed E-state index contributed by atoms with van der Waals surface area (Å²) in [7, 11) is 0. The second-order valence-corrected chi connectivity index (χ2v) is 8.74. The van der Waals surface area contributed by atoms with Crippen LogP contribution in [0.5, 0.6) is 5.75 Å². The topological polar surface area (TPSA) is 20.2 Å². The first-order valence-corrected chi connectivity index (χ1v) is 8.37. The molecule has 0 fully saturated rings. The molecule has 0 unspecified atom stereocenters. The van der Waals surface area contributed by atoms with Crippen molar-refractivity contribution in [1.82, 2.24) is 0 Å². The van der Waals surface area contributed by atoms with Crippen LogP contribution in [0.2, 0.25) is 0 Å². The number of aryl methyl sites for hydroxylation is 2. The van der Waals surface area contributed by atoms with Crippen molar-refractivity contribution in [2.45, 2.75) is 66.2 Å². The Morgan fingerprint density at radius 1 is 0.783 bits per heavy atom. The molecule has 1 nitrogen and oxygen atoms in total. The van der Waals surface area contributed by atoms with Gasteiger partial charge in [-0.1, -0.05) is 71.4 Å². The minimum absolute atomic E-state index is 0.0122. The molecule has 0 amide bonds. The van der Waals surface area contributed by atoms with Crippen LogP contribution in [-0.2, 0) is 10.8 Å². The summed E-state index contributed by atoms with van der Waals surface area (Å²) in [5.41, 5.74) is 6.90. The zero-order chi connectivity index (χ0) is 17.6. The average molecular weight is 310 g/mol. The lowest BCUT2D eigenvalue weighted by Crippen LogP contribution is -2.17. The van der Waals surface area contributed by atoms with E-state index < -0.39 is 0 Å². The van der Waals surface area contributed by atoms with Crippen molar-refractivity contribution in [2.75, 3.05) is 0 Å². The van der Waals surface area contributed by atoms with Crippen LogP contribution in [0.4, 0.5) is 0 Å². The first kappa shape index (κ1) is 17.6. The van der Waals surface area contributed by atoms with Gasteiger partial charge in [-0.05, 0) is 53.0 Å². The molecule has 0 aliphatic heterocycles. The van der Waals surface area contributed by atoms with Crippen LogP contribution >= 0.6 is 0 Å². The number of phenolic OH excluding ortho intramolecular Hbond substituents is 1. The van der Waals surface area contributed by atoms with Crippen molar-refractivity contribution >= 4 is 0 Å². The normalized spacial score (nSPS) is 12.5. The van der Waals surface area contributed by atoms with Gasteiger partial charge in [0.2, 0.25) is 0 Å². The molecule has 0 saturated heterocycles. The molecule has 0 heterocycles. The van der Waals surface area contributed by atoms with Crippen LogP contribution in [-0.4, -0.2) is 5.11 Å². The summed E-state index contributed by atoms with van der Waals surface area (Å²) in [6, 6.07) is 10.6. The van der Waals surface area contributed by atoms with E-state index in [1.165, 1.54) is 22.3 Å². The lowest BCUT2D eigenvalue weighted by Gasteiger charge is -2.29. The summed E-state index contributed by atoms with van der Waals surface area (Å²) >= 11 is 0. The van der Waals surface area contributed by atoms with E-state index in [1.807, 2.05) is 6.07 Å². The minimum Gasteiger partial charge on any atom is -0.507 e. The van der Waals surface area contributed by atoms with Gasteiger partial charge in [-0.3, -0.25) is 0 Å². The minimum atomic E-state index is -0.0363. The monoisotopic (exact) mass is 310 g/mol.